The molecule has 7 heteroatoms. The number of ether oxygens (including phenoxy) is 1. The summed E-state index contributed by atoms with van der Waals surface area (Å²) in [6, 6.07) is 0. The van der Waals surface area contributed by atoms with E-state index in [2.05, 4.69) is 15.4 Å². The molecule has 1 saturated heterocycles. The SMILES string of the molecule is CNCC1CN(C(=O)CCn2cncn2)CCO1. The van der Waals surface area contributed by atoms with E-state index in [4.69, 9.17) is 4.74 Å². The second kappa shape index (κ2) is 6.46. The molecule has 1 aliphatic heterocycles. The van der Waals surface area contributed by atoms with E-state index < -0.39 is 0 Å². The Morgan fingerprint density at radius 3 is 3.22 bits per heavy atom. The summed E-state index contributed by atoms with van der Waals surface area (Å²) in [4.78, 5) is 17.7. The van der Waals surface area contributed by atoms with Crippen molar-refractivity contribution in [2.75, 3.05) is 33.3 Å². The molecule has 1 atom stereocenters. The molecule has 0 aliphatic carbocycles. The van der Waals surface area contributed by atoms with E-state index >= 15 is 0 Å². The summed E-state index contributed by atoms with van der Waals surface area (Å²) < 4.78 is 7.24. The largest absolute Gasteiger partial charge is 0.373 e. The van der Waals surface area contributed by atoms with Crippen LogP contribution in [0.25, 0.3) is 0 Å². The minimum Gasteiger partial charge on any atom is -0.373 e. The number of nitrogens with one attached hydrogen (secondary N) is 1. The van der Waals surface area contributed by atoms with Crippen LogP contribution in [-0.2, 0) is 16.1 Å². The first kappa shape index (κ1) is 13.0. The summed E-state index contributed by atoms with van der Waals surface area (Å²) in [6.07, 6.45) is 3.65. The van der Waals surface area contributed by atoms with Crippen LogP contribution in [0.4, 0.5) is 0 Å². The highest BCUT2D eigenvalue weighted by Gasteiger charge is 2.23. The molecule has 0 radical (unpaired) electrons. The van der Waals surface area contributed by atoms with Gasteiger partial charge in [0.15, 0.2) is 0 Å². The van der Waals surface area contributed by atoms with Crippen LogP contribution in [0.5, 0.6) is 0 Å². The van der Waals surface area contributed by atoms with Crippen molar-refractivity contribution < 1.29 is 9.53 Å². The predicted molar refractivity (Wildman–Crippen MR) is 64.9 cm³/mol. The number of aromatic nitrogens is 3. The summed E-state index contributed by atoms with van der Waals surface area (Å²) in [5.74, 6) is 0.148. The molecular weight excluding hydrogens is 234 g/mol. The molecule has 1 amide bonds. The monoisotopic (exact) mass is 253 g/mol. The number of rotatable bonds is 5. The number of carbonyl (C=O) groups excluding carboxylic acids is 1. The summed E-state index contributed by atoms with van der Waals surface area (Å²) >= 11 is 0. The Morgan fingerprint density at radius 1 is 1.61 bits per heavy atom. The van der Waals surface area contributed by atoms with E-state index in [1.807, 2.05) is 11.9 Å². The Morgan fingerprint density at radius 2 is 2.50 bits per heavy atom. The zero-order valence-electron chi connectivity index (χ0n) is 10.6. The van der Waals surface area contributed by atoms with Crippen LogP contribution in [0, 0.1) is 0 Å². The Labute approximate surface area is 106 Å². The van der Waals surface area contributed by atoms with E-state index in [-0.39, 0.29) is 12.0 Å². The van der Waals surface area contributed by atoms with Gasteiger partial charge in [-0.15, -0.1) is 0 Å². The van der Waals surface area contributed by atoms with E-state index in [1.54, 1.807) is 11.0 Å². The van der Waals surface area contributed by atoms with Crippen molar-refractivity contribution in [3.05, 3.63) is 12.7 Å². The summed E-state index contributed by atoms with van der Waals surface area (Å²) in [5.41, 5.74) is 0. The highest BCUT2D eigenvalue weighted by molar-refractivity contribution is 5.76. The number of hydrogen-bond acceptors (Lipinski definition) is 5. The highest BCUT2D eigenvalue weighted by Crippen LogP contribution is 2.06. The Kier molecular flexibility index (Phi) is 4.66. The van der Waals surface area contributed by atoms with Crippen LogP contribution < -0.4 is 5.32 Å². The Balaban J connectivity index is 1.77. The van der Waals surface area contributed by atoms with Gasteiger partial charge in [-0.25, -0.2) is 4.98 Å². The van der Waals surface area contributed by atoms with Gasteiger partial charge in [-0.2, -0.15) is 5.10 Å². The van der Waals surface area contributed by atoms with Gasteiger partial charge >= 0.3 is 0 Å². The zero-order valence-corrected chi connectivity index (χ0v) is 10.6. The third-order valence-electron chi connectivity index (χ3n) is 2.94. The maximum Gasteiger partial charge on any atom is 0.224 e. The molecule has 0 spiro atoms. The van der Waals surface area contributed by atoms with Gasteiger partial charge in [0.25, 0.3) is 0 Å². The van der Waals surface area contributed by atoms with Gasteiger partial charge in [0.2, 0.25) is 5.91 Å². The molecule has 1 aliphatic rings. The average molecular weight is 253 g/mol. The second-order valence-electron chi connectivity index (χ2n) is 4.30. The fraction of sp³-hybridized carbons (Fsp3) is 0.727. The molecule has 2 heterocycles. The number of likely N-dealkylation sites (N-methyl/N-ethyl adjacent to an activating group) is 1. The number of aryl methyl sites for hydroxylation is 1. The lowest BCUT2D eigenvalue weighted by Gasteiger charge is -2.33. The normalized spacial score (nSPS) is 20.1. The smallest absolute Gasteiger partial charge is 0.224 e. The summed E-state index contributed by atoms with van der Waals surface area (Å²) in [6.45, 7) is 3.30. The molecule has 7 nitrogen and oxygen atoms in total. The average Bonchev–Trinajstić information content (AvgIpc) is 2.90. The van der Waals surface area contributed by atoms with E-state index in [9.17, 15) is 4.79 Å². The molecule has 0 aromatic carbocycles. The Bertz CT molecular complexity index is 366. The van der Waals surface area contributed by atoms with Crippen molar-refractivity contribution in [3.63, 3.8) is 0 Å². The number of hydrogen-bond donors (Lipinski definition) is 1. The highest BCUT2D eigenvalue weighted by atomic mass is 16.5. The first-order valence-corrected chi connectivity index (χ1v) is 6.16. The molecule has 1 aromatic rings. The molecular formula is C11H19N5O2. The second-order valence-corrected chi connectivity index (χ2v) is 4.30. The van der Waals surface area contributed by atoms with Crippen LogP contribution in [-0.4, -0.2) is 65.0 Å². The molecule has 18 heavy (non-hydrogen) atoms. The van der Waals surface area contributed by atoms with Gasteiger partial charge in [0.05, 0.1) is 19.3 Å². The van der Waals surface area contributed by atoms with Crippen molar-refractivity contribution in [2.45, 2.75) is 19.1 Å². The molecule has 1 aromatic heterocycles. The molecule has 1 N–H and O–H groups in total. The molecule has 0 saturated carbocycles. The lowest BCUT2D eigenvalue weighted by molar-refractivity contribution is -0.138. The minimum absolute atomic E-state index is 0.0964. The third kappa shape index (κ3) is 3.51. The number of carbonyl (C=O) groups is 1. The van der Waals surface area contributed by atoms with Crippen molar-refractivity contribution in [3.8, 4) is 0 Å². The standard InChI is InChI=1S/C11H19N5O2/c1-12-6-10-7-15(4-5-18-10)11(17)2-3-16-9-13-8-14-16/h8-10,12H,2-7H2,1H3. The van der Waals surface area contributed by atoms with Crippen LogP contribution in [0.15, 0.2) is 12.7 Å². The zero-order chi connectivity index (χ0) is 12.8. The fourth-order valence-corrected chi connectivity index (χ4v) is 2.01. The lowest BCUT2D eigenvalue weighted by atomic mass is 10.2. The lowest BCUT2D eigenvalue weighted by Crippen LogP contribution is -2.48. The fourth-order valence-electron chi connectivity index (χ4n) is 2.01. The predicted octanol–water partition coefficient (Wildman–Crippen LogP) is -0.885. The van der Waals surface area contributed by atoms with E-state index in [1.165, 1.54) is 6.33 Å². The quantitative estimate of drug-likeness (QED) is 0.737. The summed E-state index contributed by atoms with van der Waals surface area (Å²) in [7, 11) is 1.88. The van der Waals surface area contributed by atoms with Gasteiger partial charge in [-0.1, -0.05) is 0 Å². The van der Waals surface area contributed by atoms with Crippen LogP contribution >= 0.6 is 0 Å². The Hall–Kier alpha value is -1.47. The van der Waals surface area contributed by atoms with Crippen LogP contribution in [0.2, 0.25) is 0 Å². The van der Waals surface area contributed by atoms with Gasteiger partial charge in [-0.3, -0.25) is 9.48 Å². The van der Waals surface area contributed by atoms with E-state index in [0.29, 0.717) is 32.7 Å². The number of morpholine rings is 1. The third-order valence-corrected chi connectivity index (χ3v) is 2.94. The van der Waals surface area contributed by atoms with Gasteiger partial charge in [0.1, 0.15) is 12.7 Å². The topological polar surface area (TPSA) is 72.3 Å². The molecule has 1 unspecified atom stereocenters. The first-order valence-electron chi connectivity index (χ1n) is 6.16. The molecule has 2 rings (SSSR count). The maximum absolute atomic E-state index is 12.0. The first-order chi connectivity index (χ1) is 8.79. The van der Waals surface area contributed by atoms with E-state index in [0.717, 1.165) is 6.54 Å². The van der Waals surface area contributed by atoms with Gasteiger partial charge in [0, 0.05) is 26.1 Å². The molecule has 0 bridgehead atoms. The maximum atomic E-state index is 12.0. The minimum atomic E-state index is 0.0964. The van der Waals surface area contributed by atoms with Crippen molar-refractivity contribution in [2.24, 2.45) is 0 Å². The van der Waals surface area contributed by atoms with Gasteiger partial charge in [-0.05, 0) is 7.05 Å². The number of amides is 1. The molecule has 100 valence electrons. The van der Waals surface area contributed by atoms with Crippen molar-refractivity contribution in [1.29, 1.82) is 0 Å². The van der Waals surface area contributed by atoms with Gasteiger partial charge < -0.3 is 15.0 Å². The van der Waals surface area contributed by atoms with Crippen molar-refractivity contribution >= 4 is 5.91 Å². The summed E-state index contributed by atoms with van der Waals surface area (Å²) in [5, 5.41) is 7.04. The number of nitrogens with zero attached hydrogens (tertiary/aromatic N) is 4. The van der Waals surface area contributed by atoms with Crippen molar-refractivity contribution in [1.82, 2.24) is 25.0 Å². The van der Waals surface area contributed by atoms with Crippen LogP contribution in [0.1, 0.15) is 6.42 Å². The molecule has 1 fully saturated rings. The van der Waals surface area contributed by atoms with Crippen LogP contribution in [0.3, 0.4) is 0 Å².